The molecular formula is C8H18N2OS. The van der Waals surface area contributed by atoms with E-state index in [1.165, 1.54) is 19.3 Å². The van der Waals surface area contributed by atoms with Gasteiger partial charge in [0.05, 0.1) is 6.54 Å². The van der Waals surface area contributed by atoms with Crippen molar-refractivity contribution < 1.29 is 4.21 Å². The van der Waals surface area contributed by atoms with Gasteiger partial charge in [-0.1, -0.05) is 0 Å². The van der Waals surface area contributed by atoms with Crippen LogP contribution in [-0.4, -0.2) is 35.9 Å². The Kier molecular flexibility index (Phi) is 2.78. The van der Waals surface area contributed by atoms with Gasteiger partial charge in [0.2, 0.25) is 0 Å². The van der Waals surface area contributed by atoms with Crippen LogP contribution in [0.3, 0.4) is 0 Å². The molecule has 0 spiro atoms. The normalized spacial score (nSPS) is 21.6. The number of nitrogens with one attached hydrogen (secondary N) is 1. The van der Waals surface area contributed by atoms with E-state index in [4.69, 9.17) is 0 Å². The van der Waals surface area contributed by atoms with Gasteiger partial charge in [-0.25, -0.2) is 4.36 Å². The van der Waals surface area contributed by atoms with Crippen LogP contribution in [0.4, 0.5) is 0 Å². The number of nitrogens with zero attached hydrogens (tertiary/aromatic N) is 1. The molecule has 12 heavy (non-hydrogen) atoms. The summed E-state index contributed by atoms with van der Waals surface area (Å²) in [5.41, 5.74) is 0.175. The van der Waals surface area contributed by atoms with Gasteiger partial charge in [0.25, 0.3) is 0 Å². The van der Waals surface area contributed by atoms with Crippen LogP contribution in [0.1, 0.15) is 19.3 Å². The Morgan fingerprint density at radius 2 is 2.08 bits per heavy atom. The molecule has 0 aromatic carbocycles. The molecule has 0 unspecified atom stereocenters. The van der Waals surface area contributed by atoms with E-state index in [1.54, 1.807) is 12.5 Å². The third kappa shape index (κ3) is 2.45. The molecule has 0 amide bonds. The van der Waals surface area contributed by atoms with Crippen molar-refractivity contribution >= 4 is 9.73 Å². The van der Waals surface area contributed by atoms with Gasteiger partial charge in [0.15, 0.2) is 0 Å². The molecule has 0 aromatic heterocycles. The smallest absolute Gasteiger partial charge is 0.0666 e. The van der Waals surface area contributed by atoms with E-state index in [-0.39, 0.29) is 5.54 Å². The van der Waals surface area contributed by atoms with Crippen molar-refractivity contribution in [2.45, 2.75) is 24.8 Å². The zero-order valence-electron chi connectivity index (χ0n) is 8.09. The van der Waals surface area contributed by atoms with Crippen LogP contribution in [0.2, 0.25) is 0 Å². The molecule has 0 saturated heterocycles. The van der Waals surface area contributed by atoms with Gasteiger partial charge in [0, 0.05) is 27.8 Å². The number of hydrogen-bond donors (Lipinski definition) is 1. The summed E-state index contributed by atoms with van der Waals surface area (Å²) in [4.78, 5) is 0. The predicted octanol–water partition coefficient (Wildman–Crippen LogP) is 0.856. The van der Waals surface area contributed by atoms with E-state index < -0.39 is 9.73 Å². The first-order valence-corrected chi connectivity index (χ1v) is 6.62. The predicted molar refractivity (Wildman–Crippen MR) is 52.9 cm³/mol. The zero-order chi connectivity index (χ0) is 9.24. The standard InChI is InChI=1S/C8H18N2OS/c1-9-8(5-4-6-8)7-10-12(2,3)11/h9H,4-7H2,1-3H3. The van der Waals surface area contributed by atoms with Gasteiger partial charge < -0.3 is 5.32 Å². The van der Waals surface area contributed by atoms with Crippen molar-refractivity contribution in [2.75, 3.05) is 26.1 Å². The summed E-state index contributed by atoms with van der Waals surface area (Å²) in [7, 11) is 0.0515. The quantitative estimate of drug-likeness (QED) is 0.717. The van der Waals surface area contributed by atoms with Crippen LogP contribution in [-0.2, 0) is 9.73 Å². The van der Waals surface area contributed by atoms with E-state index >= 15 is 0 Å². The van der Waals surface area contributed by atoms with E-state index in [2.05, 4.69) is 9.68 Å². The number of likely N-dealkylation sites (N-methyl/N-ethyl adjacent to an activating group) is 1. The molecule has 0 aliphatic heterocycles. The Labute approximate surface area is 75.1 Å². The maximum Gasteiger partial charge on any atom is 0.0666 e. The highest BCUT2D eigenvalue weighted by Gasteiger charge is 2.34. The molecule has 1 fully saturated rings. The molecule has 0 aromatic rings. The molecule has 72 valence electrons. The largest absolute Gasteiger partial charge is 0.313 e. The summed E-state index contributed by atoms with van der Waals surface area (Å²) in [6.45, 7) is 0.704. The average Bonchev–Trinajstić information content (AvgIpc) is 1.84. The summed E-state index contributed by atoms with van der Waals surface area (Å²) in [6.07, 6.45) is 6.99. The van der Waals surface area contributed by atoms with E-state index in [9.17, 15) is 4.21 Å². The summed E-state index contributed by atoms with van der Waals surface area (Å²) >= 11 is 0. The van der Waals surface area contributed by atoms with Gasteiger partial charge in [-0.15, -0.1) is 0 Å². The van der Waals surface area contributed by atoms with Gasteiger partial charge in [-0.2, -0.15) is 0 Å². The first-order valence-electron chi connectivity index (χ1n) is 4.29. The highest BCUT2D eigenvalue weighted by Crippen LogP contribution is 2.31. The molecule has 1 aliphatic carbocycles. The van der Waals surface area contributed by atoms with Crippen LogP contribution in [0.5, 0.6) is 0 Å². The molecule has 0 radical (unpaired) electrons. The lowest BCUT2D eigenvalue weighted by molar-refractivity contribution is 0.209. The molecule has 0 atom stereocenters. The second-order valence-corrected chi connectivity index (χ2v) is 6.47. The van der Waals surface area contributed by atoms with Crippen molar-refractivity contribution in [3.05, 3.63) is 0 Å². The Bertz CT molecular complexity index is 249. The molecule has 1 saturated carbocycles. The first-order chi connectivity index (χ1) is 5.47. The molecule has 4 heteroatoms. The highest BCUT2D eigenvalue weighted by atomic mass is 32.2. The van der Waals surface area contributed by atoms with Crippen LogP contribution in [0.25, 0.3) is 0 Å². The second-order valence-electron chi connectivity index (χ2n) is 3.85. The van der Waals surface area contributed by atoms with E-state index in [0.29, 0.717) is 6.54 Å². The summed E-state index contributed by atoms with van der Waals surface area (Å²) in [5.74, 6) is 0. The first kappa shape index (κ1) is 9.99. The van der Waals surface area contributed by atoms with Crippen molar-refractivity contribution in [1.82, 2.24) is 5.32 Å². The monoisotopic (exact) mass is 190 g/mol. The Hall–Kier alpha value is -0.0900. The fourth-order valence-electron chi connectivity index (χ4n) is 1.37. The maximum absolute atomic E-state index is 11.3. The highest BCUT2D eigenvalue weighted by molar-refractivity contribution is 7.92. The van der Waals surface area contributed by atoms with Crippen LogP contribution >= 0.6 is 0 Å². The summed E-state index contributed by atoms with van der Waals surface area (Å²) < 4.78 is 15.5. The van der Waals surface area contributed by atoms with Crippen LogP contribution in [0.15, 0.2) is 4.36 Å². The van der Waals surface area contributed by atoms with E-state index in [1.807, 2.05) is 7.05 Å². The fraction of sp³-hybridized carbons (Fsp3) is 1.00. The SMILES string of the molecule is CNC1(CN=S(C)(C)=O)CCC1. The molecule has 0 bridgehead atoms. The summed E-state index contributed by atoms with van der Waals surface area (Å²) in [5, 5.41) is 3.27. The number of hydrogen-bond acceptors (Lipinski definition) is 3. The summed E-state index contributed by atoms with van der Waals surface area (Å²) in [6, 6.07) is 0. The van der Waals surface area contributed by atoms with Gasteiger partial charge in [0.1, 0.15) is 0 Å². The topological polar surface area (TPSA) is 41.5 Å². The minimum absolute atomic E-state index is 0.175. The van der Waals surface area contributed by atoms with Gasteiger partial charge in [-0.05, 0) is 26.3 Å². The molecule has 3 nitrogen and oxygen atoms in total. The third-order valence-corrected chi connectivity index (χ3v) is 3.27. The van der Waals surface area contributed by atoms with E-state index in [0.717, 1.165) is 0 Å². The molecule has 1 aliphatic rings. The Morgan fingerprint density at radius 3 is 2.33 bits per heavy atom. The zero-order valence-corrected chi connectivity index (χ0v) is 8.91. The Balaban J connectivity index is 2.56. The van der Waals surface area contributed by atoms with Crippen LogP contribution in [0, 0.1) is 0 Å². The van der Waals surface area contributed by atoms with Crippen molar-refractivity contribution in [3.8, 4) is 0 Å². The van der Waals surface area contributed by atoms with Crippen molar-refractivity contribution in [1.29, 1.82) is 0 Å². The Morgan fingerprint density at radius 1 is 1.50 bits per heavy atom. The lowest BCUT2D eigenvalue weighted by atomic mass is 9.77. The second kappa shape index (κ2) is 3.34. The minimum atomic E-state index is -1.91. The molecule has 0 heterocycles. The van der Waals surface area contributed by atoms with Gasteiger partial charge >= 0.3 is 0 Å². The fourth-order valence-corrected chi connectivity index (χ4v) is 1.93. The van der Waals surface area contributed by atoms with Crippen molar-refractivity contribution in [3.63, 3.8) is 0 Å². The lowest BCUT2D eigenvalue weighted by Crippen LogP contribution is -2.51. The maximum atomic E-state index is 11.3. The average molecular weight is 190 g/mol. The molecule has 1 rings (SSSR count). The van der Waals surface area contributed by atoms with Crippen molar-refractivity contribution in [2.24, 2.45) is 4.36 Å². The number of rotatable bonds is 3. The van der Waals surface area contributed by atoms with Crippen LogP contribution < -0.4 is 5.32 Å². The lowest BCUT2D eigenvalue weighted by Gasteiger charge is -2.40. The van der Waals surface area contributed by atoms with Gasteiger partial charge in [-0.3, -0.25) is 4.21 Å². The molecular weight excluding hydrogens is 172 g/mol. The molecule has 1 N–H and O–H groups in total. The third-order valence-electron chi connectivity index (χ3n) is 2.52. The minimum Gasteiger partial charge on any atom is -0.313 e.